The van der Waals surface area contributed by atoms with E-state index in [4.69, 9.17) is 4.74 Å². The minimum absolute atomic E-state index is 0.417. The van der Waals surface area contributed by atoms with Crippen LogP contribution in [0.15, 0.2) is 0 Å². The first-order valence-electron chi connectivity index (χ1n) is 2.64. The van der Waals surface area contributed by atoms with Crippen molar-refractivity contribution < 1.29 is 4.74 Å². The van der Waals surface area contributed by atoms with E-state index in [2.05, 4.69) is 13.8 Å². The molecule has 1 heterocycles. The molecule has 1 radical (unpaired) electrons. The molecule has 0 aromatic heterocycles. The minimum Gasteiger partial charge on any atom is -0.375 e. The Labute approximate surface area is 44.7 Å². The molecular weight excluding hydrogens is 88.1 g/mol. The van der Waals surface area contributed by atoms with Crippen molar-refractivity contribution in [1.82, 2.24) is 0 Å². The number of hydrogen-bond acceptors (Lipinski definition) is 1. The third-order valence-electron chi connectivity index (χ3n) is 1.23. The van der Waals surface area contributed by atoms with Crippen LogP contribution in [0, 0.1) is 12.0 Å². The van der Waals surface area contributed by atoms with Gasteiger partial charge in [0.15, 0.2) is 0 Å². The summed E-state index contributed by atoms with van der Waals surface area (Å²) in [5, 5.41) is 0. The zero-order valence-electron chi connectivity index (χ0n) is 4.90. The molecule has 1 saturated heterocycles. The third kappa shape index (κ3) is 1.16. The van der Waals surface area contributed by atoms with Crippen molar-refractivity contribution >= 4 is 0 Å². The van der Waals surface area contributed by atoms with Gasteiger partial charge in [-0.2, -0.15) is 0 Å². The van der Waals surface area contributed by atoms with Crippen molar-refractivity contribution in [3.63, 3.8) is 0 Å². The van der Waals surface area contributed by atoms with E-state index in [0.717, 1.165) is 13.0 Å². The molecule has 0 unspecified atom stereocenters. The summed E-state index contributed by atoms with van der Waals surface area (Å²) < 4.78 is 5.03. The largest absolute Gasteiger partial charge is 0.375 e. The highest BCUT2D eigenvalue weighted by Gasteiger charge is 2.23. The van der Waals surface area contributed by atoms with Gasteiger partial charge in [-0.05, 0) is 11.8 Å². The van der Waals surface area contributed by atoms with Gasteiger partial charge in [0.1, 0.15) is 0 Å². The van der Waals surface area contributed by atoms with Gasteiger partial charge in [0, 0.05) is 0 Å². The second kappa shape index (κ2) is 1.48. The zero-order valence-corrected chi connectivity index (χ0v) is 4.90. The Kier molecular flexibility index (Phi) is 1.08. The molecule has 41 valence electrons. The van der Waals surface area contributed by atoms with E-state index in [0.29, 0.717) is 5.41 Å². The molecule has 0 amide bonds. The minimum atomic E-state index is 0.417. The second-order valence-corrected chi connectivity index (χ2v) is 2.85. The van der Waals surface area contributed by atoms with E-state index in [9.17, 15) is 0 Å². The molecule has 0 aromatic rings. The standard InChI is InChI=1S/C6H11O/c1-6(2)3-4-7-5-6/h4H,3,5H2,1-2H3. The lowest BCUT2D eigenvalue weighted by Crippen LogP contribution is -2.08. The maximum atomic E-state index is 5.03. The summed E-state index contributed by atoms with van der Waals surface area (Å²) in [4.78, 5) is 0. The van der Waals surface area contributed by atoms with Crippen molar-refractivity contribution in [2.45, 2.75) is 20.3 Å². The van der Waals surface area contributed by atoms with Crippen LogP contribution in [0.3, 0.4) is 0 Å². The van der Waals surface area contributed by atoms with Gasteiger partial charge in [0.25, 0.3) is 0 Å². The predicted molar refractivity (Wildman–Crippen MR) is 28.6 cm³/mol. The summed E-state index contributed by atoms with van der Waals surface area (Å²) in [5.74, 6) is 0. The molecule has 1 aliphatic rings. The Bertz CT molecular complexity index is 58.6. The van der Waals surface area contributed by atoms with Crippen LogP contribution in [-0.2, 0) is 4.74 Å². The maximum absolute atomic E-state index is 5.03. The zero-order chi connectivity index (χ0) is 5.33. The van der Waals surface area contributed by atoms with Crippen molar-refractivity contribution in [2.75, 3.05) is 6.61 Å². The van der Waals surface area contributed by atoms with Crippen LogP contribution >= 0.6 is 0 Å². The van der Waals surface area contributed by atoms with Gasteiger partial charge in [-0.25, -0.2) is 0 Å². The van der Waals surface area contributed by atoms with Crippen LogP contribution in [0.1, 0.15) is 20.3 Å². The average molecular weight is 99.2 g/mol. The maximum Gasteiger partial charge on any atom is 0.0843 e. The second-order valence-electron chi connectivity index (χ2n) is 2.85. The van der Waals surface area contributed by atoms with Gasteiger partial charge in [-0.1, -0.05) is 13.8 Å². The van der Waals surface area contributed by atoms with Crippen molar-refractivity contribution in [3.8, 4) is 0 Å². The first kappa shape index (κ1) is 5.10. The summed E-state index contributed by atoms with van der Waals surface area (Å²) >= 11 is 0. The molecule has 0 N–H and O–H groups in total. The van der Waals surface area contributed by atoms with Crippen LogP contribution in [0.2, 0.25) is 0 Å². The first-order valence-corrected chi connectivity index (χ1v) is 2.64. The quantitative estimate of drug-likeness (QED) is 0.448. The van der Waals surface area contributed by atoms with Crippen LogP contribution < -0.4 is 0 Å². The van der Waals surface area contributed by atoms with Crippen LogP contribution in [-0.4, -0.2) is 6.61 Å². The Morgan fingerprint density at radius 2 is 2.29 bits per heavy atom. The fourth-order valence-corrected chi connectivity index (χ4v) is 0.628. The van der Waals surface area contributed by atoms with Crippen molar-refractivity contribution in [2.24, 2.45) is 5.41 Å². The molecule has 0 bridgehead atoms. The topological polar surface area (TPSA) is 9.23 Å². The van der Waals surface area contributed by atoms with E-state index in [1.807, 2.05) is 6.61 Å². The number of rotatable bonds is 0. The predicted octanol–water partition coefficient (Wildman–Crippen LogP) is 1.59. The van der Waals surface area contributed by atoms with Gasteiger partial charge < -0.3 is 4.74 Å². The third-order valence-corrected chi connectivity index (χ3v) is 1.23. The molecule has 1 aliphatic heterocycles. The van der Waals surface area contributed by atoms with E-state index in [1.54, 1.807) is 0 Å². The number of hydrogen-bond donors (Lipinski definition) is 0. The van der Waals surface area contributed by atoms with E-state index in [-0.39, 0.29) is 0 Å². The molecule has 0 aromatic carbocycles. The molecule has 1 fully saturated rings. The Hall–Kier alpha value is -0.0400. The number of ether oxygens (including phenoxy) is 1. The van der Waals surface area contributed by atoms with Gasteiger partial charge in [-0.3, -0.25) is 0 Å². The lowest BCUT2D eigenvalue weighted by atomic mass is 9.94. The Morgan fingerprint density at radius 3 is 2.43 bits per heavy atom. The van der Waals surface area contributed by atoms with E-state index >= 15 is 0 Å². The molecule has 7 heavy (non-hydrogen) atoms. The summed E-state index contributed by atoms with van der Waals surface area (Å²) in [5.41, 5.74) is 0.417. The normalized spacial score (nSPS) is 28.3. The van der Waals surface area contributed by atoms with Crippen LogP contribution in [0.4, 0.5) is 0 Å². The fourth-order valence-electron chi connectivity index (χ4n) is 0.628. The lowest BCUT2D eigenvalue weighted by molar-refractivity contribution is 0.201. The highest BCUT2D eigenvalue weighted by molar-refractivity contribution is 4.78. The van der Waals surface area contributed by atoms with Crippen LogP contribution in [0.5, 0.6) is 0 Å². The smallest absolute Gasteiger partial charge is 0.0843 e. The molecule has 1 heteroatoms. The molecule has 0 atom stereocenters. The monoisotopic (exact) mass is 99.1 g/mol. The molecule has 1 nitrogen and oxygen atoms in total. The van der Waals surface area contributed by atoms with Gasteiger partial charge in [-0.15, -0.1) is 0 Å². The van der Waals surface area contributed by atoms with Gasteiger partial charge >= 0.3 is 0 Å². The Morgan fingerprint density at radius 1 is 1.57 bits per heavy atom. The van der Waals surface area contributed by atoms with Crippen molar-refractivity contribution in [1.29, 1.82) is 0 Å². The first-order chi connectivity index (χ1) is 3.21. The summed E-state index contributed by atoms with van der Waals surface area (Å²) in [6.45, 7) is 7.19. The lowest BCUT2D eigenvalue weighted by Gasteiger charge is -2.11. The molecule has 0 spiro atoms. The average Bonchev–Trinajstić information content (AvgIpc) is 1.84. The molecule has 0 aliphatic carbocycles. The fraction of sp³-hybridized carbons (Fsp3) is 0.833. The SMILES string of the molecule is CC1(C)C[CH]OC1. The van der Waals surface area contributed by atoms with E-state index < -0.39 is 0 Å². The summed E-state index contributed by atoms with van der Waals surface area (Å²) in [6, 6.07) is 0. The van der Waals surface area contributed by atoms with Gasteiger partial charge in [0.2, 0.25) is 0 Å². The molecule has 0 saturated carbocycles. The van der Waals surface area contributed by atoms with Gasteiger partial charge in [0.05, 0.1) is 13.2 Å². The van der Waals surface area contributed by atoms with Crippen LogP contribution in [0.25, 0.3) is 0 Å². The summed E-state index contributed by atoms with van der Waals surface area (Å²) in [7, 11) is 0. The molecular formula is C6H11O. The van der Waals surface area contributed by atoms with E-state index in [1.165, 1.54) is 0 Å². The highest BCUT2D eigenvalue weighted by Crippen LogP contribution is 2.28. The molecule has 1 rings (SSSR count). The summed E-state index contributed by atoms with van der Waals surface area (Å²) in [6.07, 6.45) is 1.10. The highest BCUT2D eigenvalue weighted by atomic mass is 16.5. The Balaban J connectivity index is 2.40. The van der Waals surface area contributed by atoms with Crippen molar-refractivity contribution in [3.05, 3.63) is 6.61 Å².